The standard InChI is InChI=1S/C28H21FN2OS2/c1-33-21-13-6-17(7-14-21)16-24-27(32)31-26(19-8-11-20(29)12-9-19)23-15-10-18-4-2-3-5-22(18)25(23)30-28(31)34-24/h2-9,11-14,16,26H,10,15H2,1H3/b24-16+/t26-/m1/s1. The van der Waals surface area contributed by atoms with Gasteiger partial charge >= 0.3 is 0 Å². The minimum absolute atomic E-state index is 0.0579. The van der Waals surface area contributed by atoms with Crippen molar-refractivity contribution in [1.29, 1.82) is 0 Å². The molecule has 0 unspecified atom stereocenters. The summed E-state index contributed by atoms with van der Waals surface area (Å²) in [6.45, 7) is 0. The number of hydrogen-bond acceptors (Lipinski definition) is 4. The van der Waals surface area contributed by atoms with Crippen LogP contribution >= 0.6 is 23.1 Å². The van der Waals surface area contributed by atoms with Crippen LogP contribution in [-0.4, -0.2) is 10.8 Å². The lowest BCUT2D eigenvalue weighted by Gasteiger charge is -2.30. The molecular weight excluding hydrogens is 463 g/mol. The van der Waals surface area contributed by atoms with Crippen molar-refractivity contribution < 1.29 is 4.39 Å². The number of thiazole rings is 1. The van der Waals surface area contributed by atoms with E-state index in [-0.39, 0.29) is 17.4 Å². The molecule has 1 aromatic heterocycles. The molecule has 0 amide bonds. The van der Waals surface area contributed by atoms with E-state index in [2.05, 4.69) is 30.3 Å². The molecule has 6 heteroatoms. The molecule has 6 rings (SSSR count). The third-order valence-electron chi connectivity index (χ3n) is 6.47. The van der Waals surface area contributed by atoms with Crippen LogP contribution in [0.1, 0.15) is 34.7 Å². The summed E-state index contributed by atoms with van der Waals surface area (Å²) in [6.07, 6.45) is 5.70. The highest BCUT2D eigenvalue weighted by molar-refractivity contribution is 7.98. The lowest BCUT2D eigenvalue weighted by Crippen LogP contribution is -2.38. The Morgan fingerprint density at radius 2 is 1.79 bits per heavy atom. The lowest BCUT2D eigenvalue weighted by atomic mass is 9.83. The summed E-state index contributed by atoms with van der Waals surface area (Å²) in [5.74, 6) is -0.284. The third kappa shape index (κ3) is 3.58. The molecule has 0 saturated carbocycles. The first kappa shape index (κ1) is 21.3. The van der Waals surface area contributed by atoms with Crippen molar-refractivity contribution in [3.63, 3.8) is 0 Å². The first-order valence-corrected chi connectivity index (χ1v) is 13.2. The van der Waals surface area contributed by atoms with Crippen LogP contribution in [0.3, 0.4) is 0 Å². The van der Waals surface area contributed by atoms with Gasteiger partial charge in [0, 0.05) is 10.5 Å². The molecule has 34 heavy (non-hydrogen) atoms. The lowest BCUT2D eigenvalue weighted by molar-refractivity contribution is 0.581. The van der Waals surface area contributed by atoms with Crippen LogP contribution in [0.5, 0.6) is 0 Å². The fraction of sp³-hybridized carbons (Fsp3) is 0.143. The number of aromatic nitrogens is 1. The average molecular weight is 485 g/mol. The van der Waals surface area contributed by atoms with E-state index >= 15 is 0 Å². The van der Waals surface area contributed by atoms with E-state index in [9.17, 15) is 9.18 Å². The van der Waals surface area contributed by atoms with E-state index in [4.69, 9.17) is 4.99 Å². The van der Waals surface area contributed by atoms with Crippen LogP contribution in [0.25, 0.3) is 11.8 Å². The second-order valence-electron chi connectivity index (χ2n) is 8.44. The van der Waals surface area contributed by atoms with Crippen molar-refractivity contribution in [3.8, 4) is 0 Å². The molecule has 0 spiro atoms. The van der Waals surface area contributed by atoms with Crippen molar-refractivity contribution in [1.82, 2.24) is 4.57 Å². The molecule has 0 saturated heterocycles. The van der Waals surface area contributed by atoms with Crippen LogP contribution in [0.4, 0.5) is 4.39 Å². The van der Waals surface area contributed by atoms with Crippen LogP contribution in [0.2, 0.25) is 0 Å². The van der Waals surface area contributed by atoms with Gasteiger partial charge in [-0.15, -0.1) is 11.8 Å². The summed E-state index contributed by atoms with van der Waals surface area (Å²) in [7, 11) is 0. The summed E-state index contributed by atoms with van der Waals surface area (Å²) in [5.41, 5.74) is 6.30. The molecule has 1 aliphatic carbocycles. The first-order valence-electron chi connectivity index (χ1n) is 11.1. The molecule has 1 atom stereocenters. The number of fused-ring (bicyclic) bond motifs is 3. The smallest absolute Gasteiger partial charge is 0.271 e. The summed E-state index contributed by atoms with van der Waals surface area (Å²) in [4.78, 5) is 20.6. The second-order valence-corrected chi connectivity index (χ2v) is 10.3. The fourth-order valence-corrected chi connectivity index (χ4v) is 6.23. The van der Waals surface area contributed by atoms with Gasteiger partial charge in [0.1, 0.15) is 5.82 Å². The predicted octanol–water partition coefficient (Wildman–Crippen LogP) is 5.18. The van der Waals surface area contributed by atoms with Gasteiger partial charge in [0.05, 0.1) is 16.3 Å². The molecule has 168 valence electrons. The van der Waals surface area contributed by atoms with Crippen molar-refractivity contribution >= 4 is 34.9 Å². The normalized spacial score (nSPS) is 17.1. The summed E-state index contributed by atoms with van der Waals surface area (Å²) in [5, 5.41) is 0. The zero-order chi connectivity index (χ0) is 23.2. The number of benzene rings is 3. The SMILES string of the molecule is CSc1ccc(/C=c2/sc3n(c2=O)[C@H](c2ccc(F)cc2)C2=C(N=3)c3ccccc3CC2)cc1. The van der Waals surface area contributed by atoms with E-state index in [1.807, 2.05) is 30.5 Å². The zero-order valence-corrected chi connectivity index (χ0v) is 20.1. The van der Waals surface area contributed by atoms with Crippen molar-refractivity contribution in [2.75, 3.05) is 6.26 Å². The van der Waals surface area contributed by atoms with Gasteiger partial charge in [-0.1, -0.05) is 59.9 Å². The van der Waals surface area contributed by atoms with Crippen LogP contribution in [0.15, 0.2) is 93.1 Å². The van der Waals surface area contributed by atoms with Crippen LogP contribution in [-0.2, 0) is 6.42 Å². The molecular formula is C28H21FN2OS2. The van der Waals surface area contributed by atoms with Gasteiger partial charge in [-0.05, 0) is 71.7 Å². The van der Waals surface area contributed by atoms with Gasteiger partial charge in [0.25, 0.3) is 5.56 Å². The zero-order valence-electron chi connectivity index (χ0n) is 18.5. The Morgan fingerprint density at radius 3 is 2.56 bits per heavy atom. The second kappa shape index (κ2) is 8.53. The van der Waals surface area contributed by atoms with Crippen molar-refractivity contribution in [2.45, 2.75) is 23.8 Å². The summed E-state index contributed by atoms with van der Waals surface area (Å²) >= 11 is 3.10. The topological polar surface area (TPSA) is 34.4 Å². The molecule has 3 aromatic carbocycles. The number of aryl methyl sites for hydroxylation is 1. The predicted molar refractivity (Wildman–Crippen MR) is 137 cm³/mol. The van der Waals surface area contributed by atoms with Gasteiger partial charge in [-0.25, -0.2) is 9.38 Å². The minimum Gasteiger partial charge on any atom is -0.272 e. The van der Waals surface area contributed by atoms with Crippen LogP contribution < -0.4 is 14.9 Å². The highest BCUT2D eigenvalue weighted by atomic mass is 32.2. The Labute approximate surface area is 204 Å². The Bertz CT molecular complexity index is 1610. The van der Waals surface area contributed by atoms with Crippen molar-refractivity contribution in [3.05, 3.63) is 126 Å². The minimum atomic E-state index is -0.291. The van der Waals surface area contributed by atoms with Gasteiger partial charge in [0.2, 0.25) is 0 Å². The molecule has 1 aliphatic heterocycles. The van der Waals surface area contributed by atoms with E-state index in [1.165, 1.54) is 33.9 Å². The Hall–Kier alpha value is -3.22. The first-order chi connectivity index (χ1) is 16.6. The quantitative estimate of drug-likeness (QED) is 0.376. The van der Waals surface area contributed by atoms with Gasteiger partial charge < -0.3 is 0 Å². The van der Waals surface area contributed by atoms with Crippen LogP contribution in [0, 0.1) is 5.82 Å². The molecule has 0 radical (unpaired) electrons. The average Bonchev–Trinajstić information content (AvgIpc) is 3.18. The molecule has 3 nitrogen and oxygen atoms in total. The monoisotopic (exact) mass is 484 g/mol. The fourth-order valence-electron chi connectivity index (χ4n) is 4.82. The van der Waals surface area contributed by atoms with Gasteiger partial charge in [-0.3, -0.25) is 9.36 Å². The summed E-state index contributed by atoms with van der Waals surface area (Å²) < 4.78 is 16.2. The number of allylic oxidation sites excluding steroid dienone is 1. The number of thioether (sulfide) groups is 1. The van der Waals surface area contributed by atoms with E-state index < -0.39 is 0 Å². The highest BCUT2D eigenvalue weighted by Crippen LogP contribution is 2.41. The maximum Gasteiger partial charge on any atom is 0.271 e. The highest BCUT2D eigenvalue weighted by Gasteiger charge is 2.32. The molecule has 4 aromatic rings. The maximum atomic E-state index is 13.8. The molecule has 0 bridgehead atoms. The molecule has 0 fully saturated rings. The van der Waals surface area contributed by atoms with E-state index in [1.54, 1.807) is 28.5 Å². The Kier molecular flexibility index (Phi) is 5.35. The molecule has 2 heterocycles. The van der Waals surface area contributed by atoms with Gasteiger partial charge in [-0.2, -0.15) is 0 Å². The maximum absolute atomic E-state index is 13.8. The van der Waals surface area contributed by atoms with Gasteiger partial charge in [0.15, 0.2) is 4.80 Å². The number of rotatable bonds is 3. The van der Waals surface area contributed by atoms with Crippen molar-refractivity contribution in [2.24, 2.45) is 4.99 Å². The summed E-state index contributed by atoms with van der Waals surface area (Å²) in [6, 6.07) is 22.7. The largest absolute Gasteiger partial charge is 0.272 e. The molecule has 2 aliphatic rings. The van der Waals surface area contributed by atoms with E-state index in [0.29, 0.717) is 9.33 Å². The number of halogens is 1. The Balaban J connectivity index is 1.59. The number of nitrogens with zero attached hydrogens (tertiary/aromatic N) is 2. The molecule has 0 N–H and O–H groups in total. The number of hydrogen-bond donors (Lipinski definition) is 0. The van der Waals surface area contributed by atoms with E-state index in [0.717, 1.165) is 40.8 Å². The third-order valence-corrected chi connectivity index (χ3v) is 8.20. The Morgan fingerprint density at radius 1 is 1.03 bits per heavy atom.